The second-order valence-electron chi connectivity index (χ2n) is 4.78. The average Bonchev–Trinajstić information content (AvgIpc) is 2.90. The van der Waals surface area contributed by atoms with Gasteiger partial charge in [-0.15, -0.1) is 0 Å². The molecule has 0 saturated carbocycles. The Morgan fingerprint density at radius 3 is 2.72 bits per heavy atom. The topological polar surface area (TPSA) is 32.3 Å². The van der Waals surface area contributed by atoms with Crippen molar-refractivity contribution in [3.63, 3.8) is 0 Å². The molecule has 1 aliphatic rings. The van der Waals surface area contributed by atoms with Crippen molar-refractivity contribution in [2.45, 2.75) is 25.8 Å². The summed E-state index contributed by atoms with van der Waals surface area (Å²) in [7, 11) is 0. The molecule has 3 nitrogen and oxygen atoms in total. The van der Waals surface area contributed by atoms with Crippen LogP contribution in [0.1, 0.15) is 30.1 Å². The largest absolute Gasteiger partial charge is 0.350 e. The highest BCUT2D eigenvalue weighted by atomic mass is 79.9. The van der Waals surface area contributed by atoms with E-state index in [0.29, 0.717) is 18.2 Å². The quantitative estimate of drug-likeness (QED) is 0.927. The van der Waals surface area contributed by atoms with E-state index in [4.69, 9.17) is 0 Å². The Balaban J connectivity index is 1.86. The van der Waals surface area contributed by atoms with Crippen LogP contribution in [-0.4, -0.2) is 36.5 Å². The summed E-state index contributed by atoms with van der Waals surface area (Å²) >= 11 is 3.40. The van der Waals surface area contributed by atoms with Gasteiger partial charge in [-0.25, -0.2) is 0 Å². The Labute approximate surface area is 117 Å². The smallest absolute Gasteiger partial charge is 0.252 e. The lowest BCUT2D eigenvalue weighted by Crippen LogP contribution is -2.40. The predicted octanol–water partition coefficient (Wildman–Crippen LogP) is 2.66. The molecule has 1 N–H and O–H groups in total. The number of nitrogens with zero attached hydrogens (tertiary/aromatic N) is 1. The van der Waals surface area contributed by atoms with Gasteiger partial charge in [-0.2, -0.15) is 0 Å². The van der Waals surface area contributed by atoms with Crippen LogP contribution in [0.2, 0.25) is 0 Å². The summed E-state index contributed by atoms with van der Waals surface area (Å²) in [6.07, 6.45) is 2.56. The van der Waals surface area contributed by atoms with Crippen LogP contribution in [0.4, 0.5) is 0 Å². The van der Waals surface area contributed by atoms with Crippen molar-refractivity contribution in [3.05, 3.63) is 34.3 Å². The molecule has 98 valence electrons. The lowest BCUT2D eigenvalue weighted by atomic mass is 10.2. The second-order valence-corrected chi connectivity index (χ2v) is 5.64. The monoisotopic (exact) mass is 310 g/mol. The minimum Gasteiger partial charge on any atom is -0.350 e. The summed E-state index contributed by atoms with van der Waals surface area (Å²) in [4.78, 5) is 14.5. The van der Waals surface area contributed by atoms with Crippen LogP contribution in [-0.2, 0) is 0 Å². The Morgan fingerprint density at radius 2 is 2.06 bits per heavy atom. The summed E-state index contributed by atoms with van der Waals surface area (Å²) in [5.41, 5.74) is 0.700. The highest BCUT2D eigenvalue weighted by molar-refractivity contribution is 9.10. The number of amides is 1. The number of hydrogen-bond donors (Lipinski definition) is 1. The molecule has 1 fully saturated rings. The summed E-state index contributed by atoms with van der Waals surface area (Å²) < 4.78 is 0.844. The molecule has 1 aromatic carbocycles. The summed E-state index contributed by atoms with van der Waals surface area (Å²) in [5.74, 6) is -0.00600. The molecule has 0 spiro atoms. The third-order valence-corrected chi connectivity index (χ3v) is 4.13. The van der Waals surface area contributed by atoms with Gasteiger partial charge < -0.3 is 5.32 Å². The number of carbonyl (C=O) groups is 1. The first-order chi connectivity index (χ1) is 8.68. The maximum Gasteiger partial charge on any atom is 0.252 e. The van der Waals surface area contributed by atoms with Gasteiger partial charge in [-0.1, -0.05) is 12.1 Å². The lowest BCUT2D eigenvalue weighted by Gasteiger charge is -2.23. The van der Waals surface area contributed by atoms with Gasteiger partial charge in [-0.3, -0.25) is 9.69 Å². The third kappa shape index (κ3) is 3.33. The van der Waals surface area contributed by atoms with E-state index in [0.717, 1.165) is 17.6 Å². The third-order valence-electron chi connectivity index (χ3n) is 3.44. The van der Waals surface area contributed by atoms with Crippen molar-refractivity contribution in [2.24, 2.45) is 0 Å². The first-order valence-corrected chi connectivity index (χ1v) is 7.24. The first-order valence-electron chi connectivity index (χ1n) is 6.45. The fourth-order valence-corrected chi connectivity index (χ4v) is 2.76. The molecule has 18 heavy (non-hydrogen) atoms. The zero-order valence-corrected chi connectivity index (χ0v) is 12.2. The number of carbonyl (C=O) groups excluding carboxylic acids is 1. The van der Waals surface area contributed by atoms with Gasteiger partial charge in [0.05, 0.1) is 5.56 Å². The number of nitrogens with one attached hydrogen (secondary N) is 1. The van der Waals surface area contributed by atoms with Crippen LogP contribution >= 0.6 is 15.9 Å². The Hall–Kier alpha value is -0.870. The molecule has 2 rings (SSSR count). The van der Waals surface area contributed by atoms with Gasteiger partial charge in [0.1, 0.15) is 0 Å². The summed E-state index contributed by atoms with van der Waals surface area (Å²) in [5, 5.41) is 3.01. The molecule has 0 bridgehead atoms. The molecule has 0 aromatic heterocycles. The second kappa shape index (κ2) is 6.34. The first kappa shape index (κ1) is 13.6. The van der Waals surface area contributed by atoms with Crippen LogP contribution in [0.25, 0.3) is 0 Å². The van der Waals surface area contributed by atoms with E-state index in [1.807, 2.05) is 24.3 Å². The van der Waals surface area contributed by atoms with Crippen molar-refractivity contribution in [3.8, 4) is 0 Å². The lowest BCUT2D eigenvalue weighted by molar-refractivity contribution is 0.0939. The molecule has 1 aliphatic heterocycles. The number of hydrogen-bond acceptors (Lipinski definition) is 2. The van der Waals surface area contributed by atoms with E-state index < -0.39 is 0 Å². The average molecular weight is 311 g/mol. The molecule has 1 heterocycles. The van der Waals surface area contributed by atoms with Gasteiger partial charge in [-0.05, 0) is 60.9 Å². The van der Waals surface area contributed by atoms with E-state index in [-0.39, 0.29) is 5.91 Å². The van der Waals surface area contributed by atoms with Crippen molar-refractivity contribution in [1.82, 2.24) is 10.2 Å². The number of benzene rings is 1. The maximum atomic E-state index is 12.0. The minimum absolute atomic E-state index is 0.00600. The van der Waals surface area contributed by atoms with E-state index >= 15 is 0 Å². The molecule has 0 aliphatic carbocycles. The number of rotatable bonds is 4. The van der Waals surface area contributed by atoms with E-state index in [2.05, 4.69) is 33.1 Å². The molecule has 0 unspecified atom stereocenters. The normalized spacial score (nSPS) is 17.7. The van der Waals surface area contributed by atoms with Crippen molar-refractivity contribution >= 4 is 21.8 Å². The van der Waals surface area contributed by atoms with Gasteiger partial charge in [0.15, 0.2) is 0 Å². The minimum atomic E-state index is -0.00600. The van der Waals surface area contributed by atoms with Crippen molar-refractivity contribution in [2.75, 3.05) is 19.6 Å². The van der Waals surface area contributed by atoms with Gasteiger partial charge in [0, 0.05) is 17.1 Å². The molecule has 0 radical (unpaired) electrons. The Bertz CT molecular complexity index is 416. The number of likely N-dealkylation sites (tertiary alicyclic amines) is 1. The SMILES string of the molecule is C[C@H](CNC(=O)c1ccccc1Br)N1CCCC1. The van der Waals surface area contributed by atoms with Crippen molar-refractivity contribution < 1.29 is 4.79 Å². The zero-order chi connectivity index (χ0) is 13.0. The fraction of sp³-hybridized carbons (Fsp3) is 0.500. The summed E-state index contributed by atoms with van der Waals surface area (Å²) in [6, 6.07) is 7.93. The van der Waals surface area contributed by atoms with Crippen LogP contribution in [0.5, 0.6) is 0 Å². The fourth-order valence-electron chi connectivity index (χ4n) is 2.29. The highest BCUT2D eigenvalue weighted by Crippen LogP contribution is 2.16. The van der Waals surface area contributed by atoms with Crippen LogP contribution in [0.15, 0.2) is 28.7 Å². The number of halogens is 1. The van der Waals surface area contributed by atoms with Crippen LogP contribution in [0, 0.1) is 0 Å². The molecular formula is C14H19BrN2O. The van der Waals surface area contributed by atoms with Gasteiger partial charge in [0.25, 0.3) is 5.91 Å². The molecule has 1 aromatic rings. The standard InChI is InChI=1S/C14H19BrN2O/c1-11(17-8-4-5-9-17)10-16-14(18)12-6-2-3-7-13(12)15/h2-3,6-7,11H,4-5,8-10H2,1H3,(H,16,18)/t11-/m1/s1. The van der Waals surface area contributed by atoms with Gasteiger partial charge in [0.2, 0.25) is 0 Å². The predicted molar refractivity (Wildman–Crippen MR) is 76.7 cm³/mol. The Kier molecular flexibility index (Phi) is 4.78. The van der Waals surface area contributed by atoms with Crippen molar-refractivity contribution in [1.29, 1.82) is 0 Å². The van der Waals surface area contributed by atoms with E-state index in [9.17, 15) is 4.79 Å². The highest BCUT2D eigenvalue weighted by Gasteiger charge is 2.18. The van der Waals surface area contributed by atoms with E-state index in [1.54, 1.807) is 0 Å². The van der Waals surface area contributed by atoms with Gasteiger partial charge >= 0.3 is 0 Å². The van der Waals surface area contributed by atoms with E-state index in [1.165, 1.54) is 12.8 Å². The molecule has 4 heteroatoms. The molecular weight excluding hydrogens is 292 g/mol. The Morgan fingerprint density at radius 1 is 1.39 bits per heavy atom. The zero-order valence-electron chi connectivity index (χ0n) is 10.7. The molecule has 1 atom stereocenters. The maximum absolute atomic E-state index is 12.0. The molecule has 1 amide bonds. The summed E-state index contributed by atoms with van der Waals surface area (Å²) in [6.45, 7) is 5.20. The van der Waals surface area contributed by atoms with Crippen LogP contribution in [0.3, 0.4) is 0 Å². The van der Waals surface area contributed by atoms with Crippen LogP contribution < -0.4 is 5.32 Å². The molecule has 1 saturated heterocycles.